The Hall–Kier alpha value is -3.31. The summed E-state index contributed by atoms with van der Waals surface area (Å²) in [4.78, 5) is 16.2. The van der Waals surface area contributed by atoms with Crippen molar-refractivity contribution in [2.75, 3.05) is 0 Å². The van der Waals surface area contributed by atoms with Crippen LogP contribution in [0, 0.1) is 0 Å². The molecule has 0 saturated carbocycles. The molecule has 33 heavy (non-hydrogen) atoms. The normalized spacial score (nSPS) is 12.5. The quantitative estimate of drug-likeness (QED) is 0.244. The van der Waals surface area contributed by atoms with Crippen LogP contribution < -0.4 is 0 Å². The van der Waals surface area contributed by atoms with E-state index >= 15 is 0 Å². The molecule has 7 heteroatoms. The van der Waals surface area contributed by atoms with Crippen LogP contribution in [0.3, 0.4) is 0 Å². The van der Waals surface area contributed by atoms with Crippen LogP contribution in [-0.4, -0.2) is 19.9 Å². The molecule has 3 aromatic heterocycles. The van der Waals surface area contributed by atoms with E-state index in [-0.39, 0.29) is 0 Å². The zero-order valence-corrected chi connectivity index (χ0v) is 19.3. The number of nitrogens with zero attached hydrogens (tertiary/aromatic N) is 2. The summed E-state index contributed by atoms with van der Waals surface area (Å²) in [5, 5.41) is 1.66. The lowest BCUT2D eigenvalue weighted by molar-refractivity contribution is 1.31. The highest BCUT2D eigenvalue weighted by Gasteiger charge is 2.14. The van der Waals surface area contributed by atoms with E-state index in [4.69, 9.17) is 44.8 Å². The molecule has 4 aromatic rings. The Bertz CT molecular complexity index is 1660. The van der Waals surface area contributed by atoms with Gasteiger partial charge in [0.15, 0.2) is 0 Å². The Labute approximate surface area is 204 Å². The minimum absolute atomic E-state index is 0.490. The molecule has 5 heterocycles. The third kappa shape index (κ3) is 3.76. The number of H-pyrrole nitrogens is 2. The maximum absolute atomic E-state index is 6.89. The number of aromatic amines is 2. The highest BCUT2D eigenvalue weighted by atomic mass is 35.5. The molecule has 8 bridgehead atoms. The number of hydrogen-bond donors (Lipinski definition) is 2. The Balaban J connectivity index is 1.74. The number of rotatable bonds is 1. The fourth-order valence-corrected chi connectivity index (χ4v) is 4.64. The van der Waals surface area contributed by atoms with Crippen LogP contribution in [0.5, 0.6) is 0 Å². The van der Waals surface area contributed by atoms with E-state index in [0.29, 0.717) is 26.5 Å². The van der Waals surface area contributed by atoms with Crippen LogP contribution in [-0.2, 0) is 0 Å². The third-order valence-corrected chi connectivity index (χ3v) is 6.53. The molecule has 2 aliphatic heterocycles. The van der Waals surface area contributed by atoms with Gasteiger partial charge in [-0.2, -0.15) is 0 Å². The predicted molar refractivity (Wildman–Crippen MR) is 139 cm³/mol. The van der Waals surface area contributed by atoms with Gasteiger partial charge in [0.25, 0.3) is 0 Å². The second-order valence-corrected chi connectivity index (χ2v) is 8.97. The van der Waals surface area contributed by atoms with E-state index in [1.807, 2.05) is 78.9 Å². The van der Waals surface area contributed by atoms with E-state index in [2.05, 4.69) is 9.97 Å². The molecule has 0 atom stereocenters. The van der Waals surface area contributed by atoms with E-state index in [1.54, 1.807) is 0 Å². The van der Waals surface area contributed by atoms with Crippen molar-refractivity contribution in [3.05, 3.63) is 92.4 Å². The predicted octanol–water partition coefficient (Wildman–Crippen LogP) is 8.28. The Kier molecular flexibility index (Phi) is 4.88. The average Bonchev–Trinajstić information content (AvgIpc) is 3.60. The van der Waals surface area contributed by atoms with Crippen LogP contribution in [0.15, 0.2) is 54.6 Å². The summed E-state index contributed by atoms with van der Waals surface area (Å²) < 4.78 is 0. The fourth-order valence-electron chi connectivity index (χ4n) is 3.98. The van der Waals surface area contributed by atoms with Gasteiger partial charge in [-0.05, 0) is 72.3 Å². The van der Waals surface area contributed by atoms with Gasteiger partial charge in [0.05, 0.1) is 43.9 Å². The summed E-state index contributed by atoms with van der Waals surface area (Å²) in [6.45, 7) is 0. The van der Waals surface area contributed by atoms with Crippen LogP contribution in [0.1, 0.15) is 22.8 Å². The lowest BCUT2D eigenvalue weighted by atomic mass is 10.1. The smallest absolute Gasteiger partial charge is 0.0904 e. The summed E-state index contributed by atoms with van der Waals surface area (Å²) in [6.07, 6.45) is 7.68. The molecule has 0 amide bonds. The van der Waals surface area contributed by atoms with Gasteiger partial charge in [0, 0.05) is 21.6 Å². The van der Waals surface area contributed by atoms with Gasteiger partial charge < -0.3 is 9.97 Å². The maximum atomic E-state index is 6.89. The summed E-state index contributed by atoms with van der Waals surface area (Å²) >= 11 is 19.8. The number of fused-ring (bicyclic) bond motifs is 8. The van der Waals surface area contributed by atoms with Crippen molar-refractivity contribution >= 4 is 81.2 Å². The van der Waals surface area contributed by atoms with Gasteiger partial charge in [-0.1, -0.05) is 46.9 Å². The van der Waals surface area contributed by atoms with Crippen LogP contribution >= 0.6 is 34.8 Å². The minimum atomic E-state index is 0.490. The summed E-state index contributed by atoms with van der Waals surface area (Å²) in [5.74, 6) is 0. The first-order valence-electron chi connectivity index (χ1n) is 10.2. The van der Waals surface area contributed by atoms with Gasteiger partial charge in [-0.3, -0.25) is 0 Å². The van der Waals surface area contributed by atoms with Crippen molar-refractivity contribution in [1.29, 1.82) is 0 Å². The van der Waals surface area contributed by atoms with Crippen molar-refractivity contribution in [2.24, 2.45) is 0 Å². The van der Waals surface area contributed by atoms with Crippen molar-refractivity contribution < 1.29 is 0 Å². The molecule has 6 rings (SSSR count). The molecule has 0 radical (unpaired) electrons. The molecular weight excluding hydrogens is 475 g/mol. The monoisotopic (exact) mass is 488 g/mol. The highest BCUT2D eigenvalue weighted by Crippen LogP contribution is 2.35. The third-order valence-electron chi connectivity index (χ3n) is 5.52. The topological polar surface area (TPSA) is 57.4 Å². The highest BCUT2D eigenvalue weighted by molar-refractivity contribution is 6.37. The van der Waals surface area contributed by atoms with E-state index in [9.17, 15) is 0 Å². The largest absolute Gasteiger partial charge is 0.354 e. The molecule has 0 aliphatic carbocycles. The van der Waals surface area contributed by atoms with Gasteiger partial charge >= 0.3 is 0 Å². The zero-order chi connectivity index (χ0) is 22.5. The van der Waals surface area contributed by atoms with Crippen molar-refractivity contribution in [3.8, 4) is 11.1 Å². The zero-order valence-electron chi connectivity index (χ0n) is 17.0. The first-order chi connectivity index (χ1) is 16.0. The average molecular weight is 490 g/mol. The second kappa shape index (κ2) is 7.92. The number of halogens is 3. The summed E-state index contributed by atoms with van der Waals surface area (Å²) in [5.41, 5.74) is 8.11. The van der Waals surface area contributed by atoms with Gasteiger partial charge in [-0.25, -0.2) is 9.97 Å². The molecule has 0 saturated heterocycles. The van der Waals surface area contributed by atoms with E-state index in [0.717, 1.165) is 44.6 Å². The van der Waals surface area contributed by atoms with E-state index in [1.165, 1.54) is 0 Å². The van der Waals surface area contributed by atoms with Gasteiger partial charge in [-0.15, -0.1) is 0 Å². The first-order valence-corrected chi connectivity index (χ1v) is 11.4. The molecule has 2 N–H and O–H groups in total. The number of hydrogen-bond acceptors (Lipinski definition) is 2. The lowest BCUT2D eigenvalue weighted by Gasteiger charge is -2.01. The van der Waals surface area contributed by atoms with Crippen molar-refractivity contribution in [2.45, 2.75) is 0 Å². The molecule has 1 aromatic carbocycles. The van der Waals surface area contributed by atoms with Crippen LogP contribution in [0.2, 0.25) is 15.1 Å². The van der Waals surface area contributed by atoms with Gasteiger partial charge in [0.2, 0.25) is 0 Å². The van der Waals surface area contributed by atoms with Crippen LogP contribution in [0.25, 0.3) is 57.5 Å². The summed E-state index contributed by atoms with van der Waals surface area (Å²) in [7, 11) is 0. The molecule has 0 spiro atoms. The number of aromatic nitrogens is 4. The lowest BCUT2D eigenvalue weighted by Crippen LogP contribution is -1.81. The Morgan fingerprint density at radius 3 is 2.18 bits per heavy atom. The number of benzene rings is 1. The molecule has 4 nitrogen and oxygen atoms in total. The minimum Gasteiger partial charge on any atom is -0.354 e. The fraction of sp³-hybridized carbons (Fsp3) is 0. The molecule has 160 valence electrons. The van der Waals surface area contributed by atoms with Gasteiger partial charge in [0.1, 0.15) is 0 Å². The van der Waals surface area contributed by atoms with Crippen LogP contribution in [0.4, 0.5) is 0 Å². The molecule has 0 unspecified atom stereocenters. The van der Waals surface area contributed by atoms with Crippen molar-refractivity contribution in [1.82, 2.24) is 19.9 Å². The molecule has 2 aliphatic rings. The molecular formula is C26H15Cl3N4. The SMILES string of the molecule is Clc1cccc(-c2cc3cc4nc(cc5ccc([nH]5)c(Cl)c5nc(c(Cl)c2[nH]3)C=C5)C=C4)c1. The maximum Gasteiger partial charge on any atom is 0.0904 e. The van der Waals surface area contributed by atoms with E-state index < -0.39 is 0 Å². The Morgan fingerprint density at radius 2 is 1.39 bits per heavy atom. The standard InChI is InChI=1S/C26H15Cl3N4/c27-15-3-1-2-14(10-15)20-13-19-12-17-5-4-16(30-17)11-18-6-7-21(31-18)24(28)22-8-9-23(33-22)25(29)26(20)32-19/h1-13,31-32H. The Morgan fingerprint density at radius 1 is 0.636 bits per heavy atom. The summed E-state index contributed by atoms with van der Waals surface area (Å²) in [6, 6.07) is 17.6. The second-order valence-electron chi connectivity index (χ2n) is 7.78. The number of nitrogens with one attached hydrogen (secondary N) is 2. The first kappa shape index (κ1) is 20.3. The molecule has 0 fully saturated rings. The van der Waals surface area contributed by atoms with Crippen molar-refractivity contribution in [3.63, 3.8) is 0 Å².